The molecule has 0 bridgehead atoms. The summed E-state index contributed by atoms with van der Waals surface area (Å²) in [5.41, 5.74) is 1.82. The Labute approximate surface area is 186 Å². The Bertz CT molecular complexity index is 1170. The molecule has 2 aromatic carbocycles. The first-order valence-electron chi connectivity index (χ1n) is 9.80. The number of carbonyl (C=O) groups is 2. The number of hydrogen-bond donors (Lipinski definition) is 3. The fraction of sp³-hybridized carbons (Fsp3) is 0.273. The second-order valence-electron chi connectivity index (χ2n) is 7.61. The number of para-hydroxylation sites is 1. The maximum atomic E-state index is 12.9. The number of aldehydes is 1. The molecule has 1 amide bonds. The number of aromatic amines is 1. The number of halogens is 1. The van der Waals surface area contributed by atoms with Crippen LogP contribution < -0.4 is 10.0 Å². The number of carbonyl (C=O) groups excluding carboxylic acids is 2. The van der Waals surface area contributed by atoms with Crippen molar-refractivity contribution in [3.8, 4) is 0 Å². The third kappa shape index (κ3) is 5.52. The van der Waals surface area contributed by atoms with Crippen molar-refractivity contribution in [3.05, 3.63) is 65.3 Å². The predicted molar refractivity (Wildman–Crippen MR) is 120 cm³/mol. The summed E-state index contributed by atoms with van der Waals surface area (Å²) in [7, 11) is -3.95. The van der Waals surface area contributed by atoms with Crippen molar-refractivity contribution in [1.29, 1.82) is 0 Å². The lowest BCUT2D eigenvalue weighted by molar-refractivity contribution is -0.126. The highest BCUT2D eigenvalue weighted by Crippen LogP contribution is 2.19. The number of fused-ring (bicyclic) bond motifs is 1. The molecule has 0 aliphatic carbocycles. The van der Waals surface area contributed by atoms with E-state index in [9.17, 15) is 18.0 Å². The van der Waals surface area contributed by atoms with Gasteiger partial charge in [-0.2, -0.15) is 4.72 Å². The molecule has 7 nitrogen and oxygen atoms in total. The summed E-state index contributed by atoms with van der Waals surface area (Å²) >= 11 is 5.82. The molecular formula is C22H24ClN3O4S. The highest BCUT2D eigenvalue weighted by atomic mass is 35.5. The van der Waals surface area contributed by atoms with Gasteiger partial charge in [-0.1, -0.05) is 43.6 Å². The molecule has 3 aromatic rings. The third-order valence-electron chi connectivity index (χ3n) is 4.96. The summed E-state index contributed by atoms with van der Waals surface area (Å²) in [6, 6.07) is 11.5. The lowest BCUT2D eigenvalue weighted by atomic mass is 10.0. The van der Waals surface area contributed by atoms with Gasteiger partial charge >= 0.3 is 0 Å². The molecule has 1 aromatic heterocycles. The molecule has 0 spiro atoms. The zero-order valence-corrected chi connectivity index (χ0v) is 18.7. The molecule has 0 saturated heterocycles. The van der Waals surface area contributed by atoms with Gasteiger partial charge in [0.05, 0.1) is 10.9 Å². The molecule has 1 heterocycles. The summed E-state index contributed by atoms with van der Waals surface area (Å²) in [4.78, 5) is 27.7. The Morgan fingerprint density at radius 1 is 1.13 bits per heavy atom. The van der Waals surface area contributed by atoms with Gasteiger partial charge in [0, 0.05) is 28.5 Å². The topological polar surface area (TPSA) is 108 Å². The van der Waals surface area contributed by atoms with Gasteiger partial charge in [0.2, 0.25) is 15.9 Å². The Hall–Kier alpha value is -2.68. The van der Waals surface area contributed by atoms with Crippen molar-refractivity contribution in [3.63, 3.8) is 0 Å². The Morgan fingerprint density at radius 3 is 2.45 bits per heavy atom. The molecule has 3 N–H and O–H groups in total. The van der Waals surface area contributed by atoms with Gasteiger partial charge < -0.3 is 15.1 Å². The standard InChI is InChI=1S/C22H24ClN3O4S/c1-14(2)21(26-31(29,30)18-9-7-16(23)8-10-18)22(28)25-17(13-27)11-15-12-24-20-6-4-3-5-19(15)20/h3-10,12-14,17,21,24,26H,11H2,1-2H3,(H,25,28)/t17-,21+/m1/s1. The van der Waals surface area contributed by atoms with Gasteiger partial charge in [-0.25, -0.2) is 8.42 Å². The van der Waals surface area contributed by atoms with Crippen LogP contribution in [0.2, 0.25) is 5.02 Å². The molecule has 2 atom stereocenters. The van der Waals surface area contributed by atoms with E-state index in [4.69, 9.17) is 11.6 Å². The molecule has 0 aliphatic rings. The van der Waals surface area contributed by atoms with Crippen LogP contribution in [0.25, 0.3) is 10.9 Å². The smallest absolute Gasteiger partial charge is 0.241 e. The molecule has 0 aliphatic heterocycles. The minimum Gasteiger partial charge on any atom is -0.361 e. The SMILES string of the molecule is CC(C)[C@H](NS(=O)(=O)c1ccc(Cl)cc1)C(=O)N[C@@H](C=O)Cc1c[nH]c2ccccc12. The highest BCUT2D eigenvalue weighted by Gasteiger charge is 2.30. The van der Waals surface area contributed by atoms with Crippen LogP contribution in [0.1, 0.15) is 19.4 Å². The largest absolute Gasteiger partial charge is 0.361 e. The van der Waals surface area contributed by atoms with Gasteiger partial charge in [0.1, 0.15) is 12.3 Å². The van der Waals surface area contributed by atoms with Crippen molar-refractivity contribution >= 4 is 44.7 Å². The van der Waals surface area contributed by atoms with E-state index in [0.29, 0.717) is 11.3 Å². The van der Waals surface area contributed by atoms with E-state index < -0.39 is 28.0 Å². The summed E-state index contributed by atoms with van der Waals surface area (Å²) in [6.07, 6.45) is 2.75. The number of sulfonamides is 1. The summed E-state index contributed by atoms with van der Waals surface area (Å²) < 4.78 is 27.9. The fourth-order valence-electron chi connectivity index (χ4n) is 3.28. The van der Waals surface area contributed by atoms with Crippen molar-refractivity contribution < 1.29 is 18.0 Å². The normalized spacial score (nSPS) is 13.8. The van der Waals surface area contributed by atoms with Crippen LogP contribution in [0, 0.1) is 5.92 Å². The first kappa shape index (κ1) is 23.0. The lowest BCUT2D eigenvalue weighted by Crippen LogP contribution is -2.52. The summed E-state index contributed by atoms with van der Waals surface area (Å²) in [5, 5.41) is 4.04. The van der Waals surface area contributed by atoms with E-state index in [1.807, 2.05) is 24.3 Å². The Morgan fingerprint density at radius 2 is 1.81 bits per heavy atom. The van der Waals surface area contributed by atoms with Gasteiger partial charge in [0.25, 0.3) is 0 Å². The van der Waals surface area contributed by atoms with Gasteiger partial charge in [-0.05, 0) is 41.8 Å². The molecule has 164 valence electrons. The molecule has 31 heavy (non-hydrogen) atoms. The van der Waals surface area contributed by atoms with Gasteiger partial charge in [-0.3, -0.25) is 4.79 Å². The van der Waals surface area contributed by atoms with E-state index in [1.54, 1.807) is 20.0 Å². The molecule has 0 saturated carbocycles. The van der Waals surface area contributed by atoms with Gasteiger partial charge in [0.15, 0.2) is 0 Å². The van der Waals surface area contributed by atoms with Crippen LogP contribution in [0.15, 0.2) is 59.6 Å². The molecule has 0 radical (unpaired) electrons. The van der Waals surface area contributed by atoms with Crippen molar-refractivity contribution in [1.82, 2.24) is 15.0 Å². The maximum absolute atomic E-state index is 12.9. The Balaban J connectivity index is 1.74. The second kappa shape index (κ2) is 9.64. The number of nitrogens with one attached hydrogen (secondary N) is 3. The lowest BCUT2D eigenvalue weighted by Gasteiger charge is -2.23. The molecular weight excluding hydrogens is 438 g/mol. The number of hydrogen-bond acceptors (Lipinski definition) is 4. The number of H-pyrrole nitrogens is 1. The van der Waals surface area contributed by atoms with Crippen molar-refractivity contribution in [2.24, 2.45) is 5.92 Å². The van der Waals surface area contributed by atoms with Gasteiger partial charge in [-0.15, -0.1) is 0 Å². The average molecular weight is 462 g/mol. The number of amides is 1. The summed E-state index contributed by atoms with van der Waals surface area (Å²) in [6.45, 7) is 3.45. The zero-order chi connectivity index (χ0) is 22.6. The molecule has 9 heteroatoms. The molecule has 0 unspecified atom stereocenters. The minimum absolute atomic E-state index is 0.001000. The highest BCUT2D eigenvalue weighted by molar-refractivity contribution is 7.89. The Kier molecular flexibility index (Phi) is 7.15. The monoisotopic (exact) mass is 461 g/mol. The van der Waals surface area contributed by atoms with Crippen LogP contribution >= 0.6 is 11.6 Å². The van der Waals surface area contributed by atoms with Crippen LogP contribution in [0.3, 0.4) is 0 Å². The first-order valence-corrected chi connectivity index (χ1v) is 11.7. The van der Waals surface area contributed by atoms with Crippen LogP contribution in [0.4, 0.5) is 0 Å². The predicted octanol–water partition coefficient (Wildman–Crippen LogP) is 3.05. The second-order valence-corrected chi connectivity index (χ2v) is 9.76. The zero-order valence-electron chi connectivity index (χ0n) is 17.1. The van der Waals surface area contributed by atoms with E-state index in [2.05, 4.69) is 15.0 Å². The van der Waals surface area contributed by atoms with E-state index >= 15 is 0 Å². The molecule has 3 rings (SSSR count). The van der Waals surface area contributed by atoms with E-state index in [1.165, 1.54) is 24.3 Å². The number of aromatic nitrogens is 1. The van der Waals surface area contributed by atoms with Crippen molar-refractivity contribution in [2.75, 3.05) is 0 Å². The minimum atomic E-state index is -3.95. The summed E-state index contributed by atoms with van der Waals surface area (Å²) in [5.74, 6) is -0.910. The van der Waals surface area contributed by atoms with E-state index in [-0.39, 0.29) is 17.2 Å². The third-order valence-corrected chi connectivity index (χ3v) is 6.67. The maximum Gasteiger partial charge on any atom is 0.241 e. The van der Waals surface area contributed by atoms with Crippen LogP contribution in [0.5, 0.6) is 0 Å². The van der Waals surface area contributed by atoms with Crippen LogP contribution in [-0.4, -0.2) is 37.7 Å². The fourth-order valence-corrected chi connectivity index (χ4v) is 4.75. The van der Waals surface area contributed by atoms with Crippen molar-refractivity contribution in [2.45, 2.75) is 37.2 Å². The quantitative estimate of drug-likeness (QED) is 0.425. The number of benzene rings is 2. The van der Waals surface area contributed by atoms with E-state index in [0.717, 1.165) is 16.5 Å². The molecule has 0 fully saturated rings. The first-order chi connectivity index (χ1) is 14.7. The average Bonchev–Trinajstić information content (AvgIpc) is 3.14. The van der Waals surface area contributed by atoms with Crippen LogP contribution in [-0.2, 0) is 26.0 Å². The number of rotatable bonds is 9.